The zero-order valence-corrected chi connectivity index (χ0v) is 18.0. The molecule has 3 aromatic heterocycles. The van der Waals surface area contributed by atoms with E-state index in [-0.39, 0.29) is 0 Å². The Bertz CT molecular complexity index is 1460. The molecule has 1 aliphatic rings. The van der Waals surface area contributed by atoms with Crippen molar-refractivity contribution < 1.29 is 4.74 Å². The van der Waals surface area contributed by atoms with Crippen LogP contribution in [0.1, 0.15) is 25.3 Å². The number of benzene rings is 2. The molecule has 32 heavy (non-hydrogen) atoms. The second-order valence-electron chi connectivity index (χ2n) is 8.08. The van der Waals surface area contributed by atoms with Crippen molar-refractivity contribution >= 4 is 39.4 Å². The van der Waals surface area contributed by atoms with E-state index in [2.05, 4.69) is 20.7 Å². The quantitative estimate of drug-likeness (QED) is 0.349. The lowest BCUT2D eigenvalue weighted by atomic mass is 9.93. The van der Waals surface area contributed by atoms with Crippen molar-refractivity contribution in [1.29, 1.82) is 0 Å². The van der Waals surface area contributed by atoms with E-state index >= 15 is 0 Å². The number of nitrogen functional groups attached to an aromatic ring is 1. The second kappa shape index (κ2) is 7.50. The van der Waals surface area contributed by atoms with E-state index in [0.29, 0.717) is 22.8 Å². The maximum absolute atomic E-state index is 6.75. The molecule has 1 fully saturated rings. The number of rotatable bonds is 4. The first-order chi connectivity index (χ1) is 15.7. The van der Waals surface area contributed by atoms with Gasteiger partial charge in [0.1, 0.15) is 23.5 Å². The molecule has 6 rings (SSSR count). The van der Waals surface area contributed by atoms with Gasteiger partial charge in [0.05, 0.1) is 10.9 Å². The van der Waals surface area contributed by atoms with Gasteiger partial charge in [-0.2, -0.15) is 0 Å². The van der Waals surface area contributed by atoms with Crippen molar-refractivity contribution in [3.63, 3.8) is 0 Å². The topological polar surface area (TPSA) is 78.8 Å². The van der Waals surface area contributed by atoms with Crippen LogP contribution in [0.3, 0.4) is 0 Å². The number of fused-ring (bicyclic) bond motifs is 2. The summed E-state index contributed by atoms with van der Waals surface area (Å²) >= 11 is 6.75. The molecular weight excluding hydrogens is 422 g/mol. The Kier molecular flexibility index (Phi) is 4.47. The Morgan fingerprint density at radius 2 is 1.84 bits per heavy atom. The molecule has 0 bridgehead atoms. The van der Waals surface area contributed by atoms with Crippen LogP contribution in [0.4, 0.5) is 5.82 Å². The molecule has 1 saturated carbocycles. The number of hydrogen-bond acceptors (Lipinski definition) is 5. The number of anilines is 1. The van der Waals surface area contributed by atoms with Gasteiger partial charge in [-0.15, -0.1) is 0 Å². The Morgan fingerprint density at radius 1 is 1.00 bits per heavy atom. The Balaban J connectivity index is 1.50. The number of pyridine rings is 1. The summed E-state index contributed by atoms with van der Waals surface area (Å²) in [7, 11) is 0. The molecular formula is C25H20ClN5O. The SMILES string of the molecule is Nc1ncnc2c1c(-c1cc3nc(Oc4ccccc4)ccc3cc1Cl)cn2C1CCC1. The lowest BCUT2D eigenvalue weighted by Gasteiger charge is -2.27. The number of para-hydroxylation sites is 1. The maximum atomic E-state index is 6.75. The van der Waals surface area contributed by atoms with Crippen LogP contribution in [0.2, 0.25) is 5.02 Å². The largest absolute Gasteiger partial charge is 0.439 e. The first kappa shape index (κ1) is 19.1. The fourth-order valence-electron chi connectivity index (χ4n) is 4.25. The third-order valence-corrected chi connectivity index (χ3v) is 6.43. The van der Waals surface area contributed by atoms with E-state index in [1.165, 1.54) is 12.7 Å². The zero-order valence-electron chi connectivity index (χ0n) is 17.2. The maximum Gasteiger partial charge on any atom is 0.219 e. The first-order valence-electron chi connectivity index (χ1n) is 10.6. The summed E-state index contributed by atoms with van der Waals surface area (Å²) in [6, 6.07) is 17.8. The fraction of sp³-hybridized carbons (Fsp3) is 0.160. The predicted molar refractivity (Wildman–Crippen MR) is 127 cm³/mol. The number of hydrogen-bond donors (Lipinski definition) is 1. The summed E-state index contributed by atoms with van der Waals surface area (Å²) in [4.78, 5) is 13.5. The third-order valence-electron chi connectivity index (χ3n) is 6.12. The number of halogens is 1. The molecule has 0 amide bonds. The van der Waals surface area contributed by atoms with Gasteiger partial charge in [0.25, 0.3) is 0 Å². The van der Waals surface area contributed by atoms with E-state index in [1.54, 1.807) is 0 Å². The van der Waals surface area contributed by atoms with Crippen LogP contribution in [-0.4, -0.2) is 19.5 Å². The minimum atomic E-state index is 0.434. The highest BCUT2D eigenvalue weighted by molar-refractivity contribution is 6.34. The molecule has 1 aliphatic carbocycles. The summed E-state index contributed by atoms with van der Waals surface area (Å²) in [5.41, 5.74) is 9.71. The van der Waals surface area contributed by atoms with Crippen molar-refractivity contribution in [3.8, 4) is 22.8 Å². The molecule has 0 unspecified atom stereocenters. The van der Waals surface area contributed by atoms with Gasteiger partial charge in [-0.3, -0.25) is 0 Å². The molecule has 5 aromatic rings. The van der Waals surface area contributed by atoms with E-state index < -0.39 is 0 Å². The first-order valence-corrected chi connectivity index (χ1v) is 11.0. The van der Waals surface area contributed by atoms with E-state index in [4.69, 9.17) is 27.1 Å². The Hall–Kier alpha value is -3.64. The smallest absolute Gasteiger partial charge is 0.219 e. The number of nitrogens with two attached hydrogens (primary N) is 1. The highest BCUT2D eigenvalue weighted by Gasteiger charge is 2.25. The lowest BCUT2D eigenvalue weighted by Crippen LogP contribution is -2.16. The fourth-order valence-corrected chi connectivity index (χ4v) is 4.53. The molecule has 3 heterocycles. The molecule has 158 valence electrons. The predicted octanol–water partition coefficient (Wildman–Crippen LogP) is 6.40. The molecule has 2 N–H and O–H groups in total. The van der Waals surface area contributed by atoms with E-state index in [0.717, 1.165) is 51.7 Å². The van der Waals surface area contributed by atoms with E-state index in [9.17, 15) is 0 Å². The molecule has 0 spiro atoms. The van der Waals surface area contributed by atoms with Crippen molar-refractivity contribution in [2.45, 2.75) is 25.3 Å². The van der Waals surface area contributed by atoms with Crippen LogP contribution in [0.5, 0.6) is 11.6 Å². The second-order valence-corrected chi connectivity index (χ2v) is 8.49. The van der Waals surface area contributed by atoms with Crippen LogP contribution < -0.4 is 10.5 Å². The summed E-state index contributed by atoms with van der Waals surface area (Å²) in [5, 5.41) is 2.40. The highest BCUT2D eigenvalue weighted by atomic mass is 35.5. The van der Waals surface area contributed by atoms with Gasteiger partial charge in [-0.25, -0.2) is 15.0 Å². The molecule has 0 radical (unpaired) electrons. The lowest BCUT2D eigenvalue weighted by molar-refractivity contribution is 0.320. The minimum Gasteiger partial charge on any atom is -0.439 e. The van der Waals surface area contributed by atoms with Gasteiger partial charge in [0, 0.05) is 39.8 Å². The van der Waals surface area contributed by atoms with Crippen LogP contribution in [0.25, 0.3) is 33.1 Å². The molecule has 0 aliphatic heterocycles. The monoisotopic (exact) mass is 441 g/mol. The van der Waals surface area contributed by atoms with Gasteiger partial charge < -0.3 is 15.0 Å². The highest BCUT2D eigenvalue weighted by Crippen LogP contribution is 2.42. The number of aromatic nitrogens is 4. The van der Waals surface area contributed by atoms with Gasteiger partial charge in [0.2, 0.25) is 5.88 Å². The average molecular weight is 442 g/mol. The summed E-state index contributed by atoms with van der Waals surface area (Å²) in [6.45, 7) is 0. The van der Waals surface area contributed by atoms with E-state index in [1.807, 2.05) is 54.6 Å². The molecule has 2 aromatic carbocycles. The van der Waals surface area contributed by atoms with Gasteiger partial charge in [0.15, 0.2) is 0 Å². The number of nitrogens with zero attached hydrogens (tertiary/aromatic N) is 4. The molecule has 0 atom stereocenters. The van der Waals surface area contributed by atoms with Crippen molar-refractivity contribution in [3.05, 3.63) is 72.1 Å². The Labute approximate surface area is 189 Å². The zero-order chi connectivity index (χ0) is 21.7. The van der Waals surface area contributed by atoms with Crippen molar-refractivity contribution in [2.75, 3.05) is 5.73 Å². The number of ether oxygens (including phenoxy) is 1. The standard InChI is InChI=1S/C25H20ClN5O/c26-20-11-15-9-10-22(32-17-7-2-1-3-8-17)30-21(15)12-18(20)19-13-31(16-5-4-6-16)25-23(19)24(27)28-14-29-25/h1-3,7-14,16H,4-6H2,(H2,27,28,29). The van der Waals surface area contributed by atoms with Crippen LogP contribution in [0.15, 0.2) is 67.1 Å². The van der Waals surface area contributed by atoms with Gasteiger partial charge in [-0.05, 0) is 49.6 Å². The van der Waals surface area contributed by atoms with Crippen LogP contribution >= 0.6 is 11.6 Å². The summed E-state index contributed by atoms with van der Waals surface area (Å²) in [5.74, 6) is 1.71. The minimum absolute atomic E-state index is 0.434. The van der Waals surface area contributed by atoms with Crippen LogP contribution in [-0.2, 0) is 0 Å². The molecule has 6 nitrogen and oxygen atoms in total. The summed E-state index contributed by atoms with van der Waals surface area (Å²) in [6.07, 6.45) is 7.13. The average Bonchev–Trinajstić information content (AvgIpc) is 3.13. The van der Waals surface area contributed by atoms with Gasteiger partial charge in [-0.1, -0.05) is 29.8 Å². The summed E-state index contributed by atoms with van der Waals surface area (Å²) < 4.78 is 8.14. The van der Waals surface area contributed by atoms with Crippen molar-refractivity contribution in [1.82, 2.24) is 19.5 Å². The third kappa shape index (κ3) is 3.15. The normalized spacial score (nSPS) is 14.0. The molecule has 7 heteroatoms. The Morgan fingerprint density at radius 3 is 2.62 bits per heavy atom. The molecule has 0 saturated heterocycles. The van der Waals surface area contributed by atoms with Crippen LogP contribution in [0, 0.1) is 0 Å². The van der Waals surface area contributed by atoms with Crippen molar-refractivity contribution in [2.24, 2.45) is 0 Å². The van der Waals surface area contributed by atoms with Gasteiger partial charge >= 0.3 is 0 Å².